The number of rotatable bonds is 7. The number of aromatic nitrogens is 2. The number of methoxy groups -OCH3 is 1. The summed E-state index contributed by atoms with van der Waals surface area (Å²) in [6.45, 7) is 1.79. The molecule has 0 radical (unpaired) electrons. The minimum atomic E-state index is -4.58. The molecule has 0 aliphatic rings. The Morgan fingerprint density at radius 3 is 2.43 bits per heavy atom. The van der Waals surface area contributed by atoms with Crippen molar-refractivity contribution < 1.29 is 31.1 Å². The molecule has 3 aromatic carbocycles. The lowest BCUT2D eigenvalue weighted by atomic mass is 9.95. The maximum atomic E-state index is 13.1. The summed E-state index contributed by atoms with van der Waals surface area (Å²) in [6, 6.07) is 12.3. The van der Waals surface area contributed by atoms with Gasteiger partial charge in [-0.25, -0.2) is 8.42 Å². The van der Waals surface area contributed by atoms with E-state index in [1.54, 1.807) is 29.9 Å². The third-order valence-electron chi connectivity index (χ3n) is 6.10. The molecule has 0 amide bonds. The number of fused-ring (bicyclic) bond motifs is 1. The second kappa shape index (κ2) is 9.89. The fourth-order valence-electron chi connectivity index (χ4n) is 4.04. The molecule has 0 atom stereocenters. The zero-order valence-electron chi connectivity index (χ0n) is 20.3. The van der Waals surface area contributed by atoms with E-state index in [1.165, 1.54) is 7.11 Å². The van der Waals surface area contributed by atoms with Gasteiger partial charge < -0.3 is 4.74 Å². The van der Waals surface area contributed by atoms with Gasteiger partial charge >= 0.3 is 12.1 Å². The second-order valence-electron chi connectivity index (χ2n) is 8.57. The zero-order valence-corrected chi connectivity index (χ0v) is 21.1. The summed E-state index contributed by atoms with van der Waals surface area (Å²) in [5, 5.41) is 5.08. The summed E-state index contributed by atoms with van der Waals surface area (Å²) in [6.07, 6.45) is -2.36. The average Bonchev–Trinajstić information content (AvgIpc) is 3.22. The third-order valence-corrected chi connectivity index (χ3v) is 7.48. The van der Waals surface area contributed by atoms with Crippen LogP contribution in [0.4, 0.5) is 18.9 Å². The summed E-state index contributed by atoms with van der Waals surface area (Å²) in [7, 11) is -1.10. The highest BCUT2D eigenvalue weighted by Gasteiger charge is 2.30. The molecule has 1 heterocycles. The van der Waals surface area contributed by atoms with Crippen molar-refractivity contribution in [3.05, 3.63) is 77.5 Å². The van der Waals surface area contributed by atoms with Crippen LogP contribution >= 0.6 is 0 Å². The molecule has 4 aromatic rings. The first-order chi connectivity index (χ1) is 17.4. The number of nitrogens with zero attached hydrogens (tertiary/aromatic N) is 2. The molecule has 0 aliphatic carbocycles. The number of esters is 1. The first-order valence-corrected chi connectivity index (χ1v) is 12.7. The molecule has 0 aliphatic heterocycles. The molecule has 11 heteroatoms. The number of hydrogen-bond donors (Lipinski definition) is 1. The second-order valence-corrected chi connectivity index (χ2v) is 10.3. The number of ether oxygens (including phenoxy) is 1. The Balaban J connectivity index is 1.78. The van der Waals surface area contributed by atoms with E-state index in [4.69, 9.17) is 4.74 Å². The van der Waals surface area contributed by atoms with Gasteiger partial charge in [-0.1, -0.05) is 6.07 Å². The summed E-state index contributed by atoms with van der Waals surface area (Å²) in [5.74, 6) is -0.371. The lowest BCUT2D eigenvalue weighted by Gasteiger charge is -2.17. The zero-order chi connectivity index (χ0) is 27.0. The van der Waals surface area contributed by atoms with Crippen LogP contribution in [0.5, 0.6) is 0 Å². The third kappa shape index (κ3) is 5.61. The number of carbonyl (C=O) groups excluding carboxylic acids is 1. The lowest BCUT2D eigenvalue weighted by molar-refractivity contribution is -0.140. The van der Waals surface area contributed by atoms with E-state index in [0.29, 0.717) is 17.5 Å². The van der Waals surface area contributed by atoms with Crippen molar-refractivity contribution in [2.24, 2.45) is 7.05 Å². The van der Waals surface area contributed by atoms with E-state index >= 15 is 0 Å². The summed E-state index contributed by atoms with van der Waals surface area (Å²) >= 11 is 0. The van der Waals surface area contributed by atoms with Crippen molar-refractivity contribution in [2.75, 3.05) is 11.8 Å². The molecule has 0 fully saturated rings. The van der Waals surface area contributed by atoms with Gasteiger partial charge in [0, 0.05) is 24.4 Å². The molecule has 0 saturated carbocycles. The monoisotopic (exact) mass is 531 g/mol. The van der Waals surface area contributed by atoms with Crippen LogP contribution < -0.4 is 4.72 Å². The number of carbonyl (C=O) groups is 1. The van der Waals surface area contributed by atoms with Crippen LogP contribution in [0.15, 0.2) is 65.7 Å². The van der Waals surface area contributed by atoms with Crippen molar-refractivity contribution in [3.8, 4) is 11.1 Å². The molecule has 194 valence electrons. The van der Waals surface area contributed by atoms with Crippen molar-refractivity contribution in [3.63, 3.8) is 0 Å². The Hall–Kier alpha value is -3.86. The van der Waals surface area contributed by atoms with Crippen LogP contribution in [-0.4, -0.2) is 31.3 Å². The molecule has 0 saturated heterocycles. The fourth-order valence-corrected chi connectivity index (χ4v) is 5.11. The Labute approximate surface area is 211 Å². The van der Waals surface area contributed by atoms with Gasteiger partial charge in [0.05, 0.1) is 35.0 Å². The van der Waals surface area contributed by atoms with Crippen LogP contribution in [0.3, 0.4) is 0 Å². The molecule has 1 N–H and O–H groups in total. The molecule has 7 nitrogen and oxygen atoms in total. The number of alkyl halides is 3. The number of aryl methyl sites for hydroxylation is 3. The SMILES string of the molecule is COC(=O)CCc1cc(-c2ccc3c(cnn3C)c2)c(NS(=O)(=O)c2ccc(C(F)(F)F)cc2)cc1C. The van der Waals surface area contributed by atoms with Crippen LogP contribution in [0.25, 0.3) is 22.0 Å². The smallest absolute Gasteiger partial charge is 0.416 e. The molecule has 0 unspecified atom stereocenters. The molecule has 1 aromatic heterocycles. The Morgan fingerprint density at radius 1 is 1.08 bits per heavy atom. The Morgan fingerprint density at radius 2 is 1.78 bits per heavy atom. The largest absolute Gasteiger partial charge is 0.469 e. The number of sulfonamides is 1. The summed E-state index contributed by atoms with van der Waals surface area (Å²) in [5.41, 5.74) is 3.00. The first-order valence-electron chi connectivity index (χ1n) is 11.2. The lowest BCUT2D eigenvalue weighted by Crippen LogP contribution is -2.15. The number of nitrogens with one attached hydrogen (secondary N) is 1. The van der Waals surface area contributed by atoms with Crippen molar-refractivity contribution in [2.45, 2.75) is 30.8 Å². The topological polar surface area (TPSA) is 90.3 Å². The Kier molecular flexibility index (Phi) is 7.00. The van der Waals surface area contributed by atoms with Gasteiger partial charge in [-0.05, 0) is 78.6 Å². The van der Waals surface area contributed by atoms with Gasteiger partial charge in [-0.15, -0.1) is 0 Å². The quantitative estimate of drug-likeness (QED) is 0.319. The minimum absolute atomic E-state index is 0.148. The first kappa shape index (κ1) is 26.2. The highest BCUT2D eigenvalue weighted by Crippen LogP contribution is 2.35. The van der Waals surface area contributed by atoms with E-state index in [-0.39, 0.29) is 23.0 Å². The van der Waals surface area contributed by atoms with Crippen LogP contribution in [0.2, 0.25) is 0 Å². The summed E-state index contributed by atoms with van der Waals surface area (Å²) in [4.78, 5) is 11.4. The van der Waals surface area contributed by atoms with E-state index in [0.717, 1.165) is 46.3 Å². The van der Waals surface area contributed by atoms with Gasteiger partial charge in [-0.2, -0.15) is 18.3 Å². The molecule has 4 rings (SSSR count). The van der Waals surface area contributed by atoms with Crippen molar-refractivity contribution >= 4 is 32.6 Å². The number of anilines is 1. The van der Waals surface area contributed by atoms with Crippen LogP contribution in [-0.2, 0) is 39.2 Å². The van der Waals surface area contributed by atoms with Crippen LogP contribution in [0, 0.1) is 6.92 Å². The van der Waals surface area contributed by atoms with Crippen molar-refractivity contribution in [1.29, 1.82) is 0 Å². The summed E-state index contributed by atoms with van der Waals surface area (Å²) < 4.78 is 74.1. The maximum Gasteiger partial charge on any atom is 0.416 e. The molecule has 0 spiro atoms. The van der Waals surface area contributed by atoms with E-state index in [1.807, 2.05) is 25.2 Å². The van der Waals surface area contributed by atoms with Gasteiger partial charge in [0.15, 0.2) is 0 Å². The van der Waals surface area contributed by atoms with Crippen molar-refractivity contribution in [1.82, 2.24) is 9.78 Å². The van der Waals surface area contributed by atoms with E-state index in [2.05, 4.69) is 9.82 Å². The number of benzene rings is 3. The van der Waals surface area contributed by atoms with E-state index < -0.39 is 21.8 Å². The molecular weight excluding hydrogens is 507 g/mol. The normalized spacial score (nSPS) is 12.1. The van der Waals surface area contributed by atoms with Gasteiger partial charge in [0.25, 0.3) is 10.0 Å². The van der Waals surface area contributed by atoms with Gasteiger partial charge in [0.1, 0.15) is 0 Å². The predicted molar refractivity (Wildman–Crippen MR) is 133 cm³/mol. The van der Waals surface area contributed by atoms with Gasteiger partial charge in [-0.3, -0.25) is 14.2 Å². The van der Waals surface area contributed by atoms with E-state index in [9.17, 15) is 26.4 Å². The molecular formula is C26H24F3N3O4S. The van der Waals surface area contributed by atoms with Gasteiger partial charge in [0.2, 0.25) is 0 Å². The highest BCUT2D eigenvalue weighted by atomic mass is 32.2. The number of halogens is 3. The highest BCUT2D eigenvalue weighted by molar-refractivity contribution is 7.92. The maximum absolute atomic E-state index is 13.1. The fraction of sp³-hybridized carbons (Fsp3) is 0.231. The Bertz CT molecular complexity index is 1580. The average molecular weight is 532 g/mol. The predicted octanol–water partition coefficient (Wildman–Crippen LogP) is 5.47. The number of hydrogen-bond acceptors (Lipinski definition) is 5. The molecule has 0 bridgehead atoms. The standard InChI is InChI=1S/C26H24F3N3O4S/c1-16-12-23(31-37(34,35)21-8-6-20(7-9-21)26(27,28)29)22(14-17(16)5-11-25(33)36-3)18-4-10-24-19(13-18)15-30-32(24)2/h4,6-10,12-15,31H,5,11H2,1-3H3. The minimum Gasteiger partial charge on any atom is -0.469 e. The van der Waals surface area contributed by atoms with Crippen LogP contribution in [0.1, 0.15) is 23.1 Å². The molecule has 37 heavy (non-hydrogen) atoms.